The lowest BCUT2D eigenvalue weighted by Crippen LogP contribution is -2.17. The van der Waals surface area contributed by atoms with Crippen LogP contribution in [0.3, 0.4) is 0 Å². The van der Waals surface area contributed by atoms with Crippen LogP contribution in [0.2, 0.25) is 0 Å². The summed E-state index contributed by atoms with van der Waals surface area (Å²) in [6, 6.07) is 0. The summed E-state index contributed by atoms with van der Waals surface area (Å²) in [4.78, 5) is 10.8. The van der Waals surface area contributed by atoms with Crippen LogP contribution in [0.5, 0.6) is 0 Å². The molecule has 0 aliphatic rings. The van der Waals surface area contributed by atoms with Gasteiger partial charge < -0.3 is 4.74 Å². The van der Waals surface area contributed by atoms with E-state index in [1.807, 2.05) is 0 Å². The van der Waals surface area contributed by atoms with Gasteiger partial charge in [-0.2, -0.15) is 0 Å². The highest BCUT2D eigenvalue weighted by molar-refractivity contribution is 5.86. The monoisotopic (exact) mass is 174 g/mol. The Morgan fingerprint density at radius 1 is 1.58 bits per heavy atom. The summed E-state index contributed by atoms with van der Waals surface area (Å²) in [7, 11) is 0. The summed E-state index contributed by atoms with van der Waals surface area (Å²) in [5.41, 5.74) is -0.943. The van der Waals surface area contributed by atoms with Gasteiger partial charge in [-0.05, 0) is 20.8 Å². The second-order valence-corrected chi connectivity index (χ2v) is 3.38. The number of alkyl halides is 1. The third-order valence-electron chi connectivity index (χ3n) is 1.28. The van der Waals surface area contributed by atoms with Crippen LogP contribution in [0.15, 0.2) is 12.2 Å². The smallest absolute Gasteiger partial charge is 0.333 e. The highest BCUT2D eigenvalue weighted by Gasteiger charge is 2.15. The quantitative estimate of drug-likeness (QED) is 0.482. The lowest BCUT2D eigenvalue weighted by Gasteiger charge is -2.13. The van der Waals surface area contributed by atoms with E-state index in [-0.39, 0.29) is 13.0 Å². The molecule has 70 valence electrons. The van der Waals surface area contributed by atoms with E-state index in [0.29, 0.717) is 5.57 Å². The van der Waals surface area contributed by atoms with Crippen molar-refractivity contribution in [3.05, 3.63) is 12.2 Å². The Morgan fingerprint density at radius 2 is 2.08 bits per heavy atom. The molecule has 0 saturated carbocycles. The van der Waals surface area contributed by atoms with E-state index in [2.05, 4.69) is 6.58 Å². The van der Waals surface area contributed by atoms with Crippen LogP contribution in [0, 0.1) is 0 Å². The summed E-state index contributed by atoms with van der Waals surface area (Å²) in [6.45, 7) is 7.96. The molecule has 0 heterocycles. The van der Waals surface area contributed by atoms with Crippen LogP contribution in [-0.4, -0.2) is 18.2 Å². The number of rotatable bonds is 4. The SMILES string of the molecule is C=C(C)C(=O)OCCC(C)(C)F. The molecule has 0 N–H and O–H groups in total. The van der Waals surface area contributed by atoms with Crippen LogP contribution in [0.25, 0.3) is 0 Å². The largest absolute Gasteiger partial charge is 0.462 e. The van der Waals surface area contributed by atoms with E-state index in [9.17, 15) is 9.18 Å². The fraction of sp³-hybridized carbons (Fsp3) is 0.667. The van der Waals surface area contributed by atoms with Gasteiger partial charge >= 0.3 is 5.97 Å². The Hall–Kier alpha value is -0.860. The summed E-state index contributed by atoms with van der Waals surface area (Å²) >= 11 is 0. The number of ether oxygens (including phenoxy) is 1. The van der Waals surface area contributed by atoms with Crippen molar-refractivity contribution in [3.8, 4) is 0 Å². The van der Waals surface area contributed by atoms with Gasteiger partial charge in [0.2, 0.25) is 0 Å². The van der Waals surface area contributed by atoms with Gasteiger partial charge in [-0.15, -0.1) is 0 Å². The first kappa shape index (κ1) is 11.1. The third kappa shape index (κ3) is 5.89. The second kappa shape index (κ2) is 4.24. The molecule has 0 amide bonds. The molecule has 0 aromatic rings. The summed E-state index contributed by atoms with van der Waals surface area (Å²) in [6.07, 6.45) is 0.214. The minimum Gasteiger partial charge on any atom is -0.462 e. The molecule has 0 aromatic carbocycles. The topological polar surface area (TPSA) is 26.3 Å². The van der Waals surface area contributed by atoms with Crippen molar-refractivity contribution >= 4 is 5.97 Å². The standard InChI is InChI=1S/C9H15FO2/c1-7(2)8(11)12-6-5-9(3,4)10/h1,5-6H2,2-4H3. The summed E-state index contributed by atoms with van der Waals surface area (Å²) < 4.78 is 17.5. The maximum atomic E-state index is 12.8. The summed E-state index contributed by atoms with van der Waals surface area (Å²) in [5, 5.41) is 0. The molecule has 3 heteroatoms. The fourth-order valence-electron chi connectivity index (χ4n) is 0.510. The third-order valence-corrected chi connectivity index (χ3v) is 1.28. The molecule has 2 nitrogen and oxygen atoms in total. The minimum atomic E-state index is -1.28. The molecule has 0 rings (SSSR count). The molecule has 0 aliphatic heterocycles. The average molecular weight is 174 g/mol. The van der Waals surface area contributed by atoms with Gasteiger partial charge in [0.25, 0.3) is 0 Å². The minimum absolute atomic E-state index is 0.106. The zero-order valence-corrected chi connectivity index (χ0v) is 7.82. The van der Waals surface area contributed by atoms with E-state index in [0.717, 1.165) is 0 Å². The molecular weight excluding hydrogens is 159 g/mol. The number of hydrogen-bond acceptors (Lipinski definition) is 2. The van der Waals surface area contributed by atoms with Crippen molar-refractivity contribution < 1.29 is 13.9 Å². The predicted molar refractivity (Wildman–Crippen MR) is 45.6 cm³/mol. The Bertz CT molecular complexity index is 179. The van der Waals surface area contributed by atoms with Crippen molar-refractivity contribution in [1.29, 1.82) is 0 Å². The highest BCUT2D eigenvalue weighted by Crippen LogP contribution is 2.13. The Kier molecular flexibility index (Phi) is 3.93. The first-order valence-electron chi connectivity index (χ1n) is 3.84. The van der Waals surface area contributed by atoms with Crippen LogP contribution >= 0.6 is 0 Å². The van der Waals surface area contributed by atoms with Gasteiger partial charge in [0.15, 0.2) is 0 Å². The number of carbonyl (C=O) groups is 1. The molecule has 0 bridgehead atoms. The van der Waals surface area contributed by atoms with Crippen molar-refractivity contribution in [2.45, 2.75) is 32.9 Å². The normalized spacial score (nSPS) is 11.0. The number of esters is 1. The van der Waals surface area contributed by atoms with E-state index in [4.69, 9.17) is 4.74 Å². The number of halogens is 1. The first-order chi connectivity index (χ1) is 5.33. The van der Waals surface area contributed by atoms with Gasteiger partial charge in [0, 0.05) is 12.0 Å². The zero-order valence-electron chi connectivity index (χ0n) is 7.82. The van der Waals surface area contributed by atoms with Crippen molar-refractivity contribution in [2.75, 3.05) is 6.61 Å². The van der Waals surface area contributed by atoms with E-state index in [1.165, 1.54) is 13.8 Å². The predicted octanol–water partition coefficient (Wildman–Crippen LogP) is 2.24. The first-order valence-corrected chi connectivity index (χ1v) is 3.84. The van der Waals surface area contributed by atoms with Crippen molar-refractivity contribution in [1.82, 2.24) is 0 Å². The van der Waals surface area contributed by atoms with E-state index < -0.39 is 11.6 Å². The molecule has 0 aromatic heterocycles. The molecule has 0 spiro atoms. The molecule has 0 unspecified atom stereocenters. The summed E-state index contributed by atoms with van der Waals surface area (Å²) in [5.74, 6) is -0.459. The lowest BCUT2D eigenvalue weighted by molar-refractivity contribution is -0.139. The lowest BCUT2D eigenvalue weighted by atomic mass is 10.1. The van der Waals surface area contributed by atoms with Crippen molar-refractivity contribution in [3.63, 3.8) is 0 Å². The number of carbonyl (C=O) groups excluding carboxylic acids is 1. The second-order valence-electron chi connectivity index (χ2n) is 3.38. The van der Waals surface area contributed by atoms with Crippen LogP contribution in [-0.2, 0) is 9.53 Å². The highest BCUT2D eigenvalue weighted by atomic mass is 19.1. The molecule has 0 fully saturated rings. The van der Waals surface area contributed by atoms with E-state index >= 15 is 0 Å². The van der Waals surface area contributed by atoms with Crippen LogP contribution in [0.4, 0.5) is 4.39 Å². The van der Waals surface area contributed by atoms with Crippen molar-refractivity contribution in [2.24, 2.45) is 0 Å². The van der Waals surface area contributed by atoms with Gasteiger partial charge in [-0.3, -0.25) is 0 Å². The Morgan fingerprint density at radius 3 is 2.42 bits per heavy atom. The van der Waals surface area contributed by atoms with E-state index in [1.54, 1.807) is 6.92 Å². The van der Waals surface area contributed by atoms with Gasteiger partial charge in [0.05, 0.1) is 6.61 Å². The van der Waals surface area contributed by atoms with Gasteiger partial charge in [-0.25, -0.2) is 9.18 Å². The van der Waals surface area contributed by atoms with Crippen LogP contribution < -0.4 is 0 Å². The zero-order chi connectivity index (χ0) is 9.78. The number of hydrogen-bond donors (Lipinski definition) is 0. The van der Waals surface area contributed by atoms with Crippen LogP contribution in [0.1, 0.15) is 27.2 Å². The molecule has 0 saturated heterocycles. The molecule has 12 heavy (non-hydrogen) atoms. The molecule has 0 aliphatic carbocycles. The molecule has 0 atom stereocenters. The maximum Gasteiger partial charge on any atom is 0.333 e. The van der Waals surface area contributed by atoms with Gasteiger partial charge in [0.1, 0.15) is 5.67 Å². The maximum absolute atomic E-state index is 12.8. The molecular formula is C9H15FO2. The Labute approximate surface area is 72.4 Å². The molecule has 0 radical (unpaired) electrons. The average Bonchev–Trinajstić information content (AvgIpc) is 1.84. The Balaban J connectivity index is 3.58. The van der Waals surface area contributed by atoms with Gasteiger partial charge in [-0.1, -0.05) is 6.58 Å². The fourth-order valence-corrected chi connectivity index (χ4v) is 0.510.